The summed E-state index contributed by atoms with van der Waals surface area (Å²) in [5, 5.41) is 9.34. The van der Waals surface area contributed by atoms with E-state index in [9.17, 15) is 27.9 Å². The quantitative estimate of drug-likeness (QED) is 0.285. The van der Waals surface area contributed by atoms with Crippen molar-refractivity contribution < 1.29 is 37.3 Å². The van der Waals surface area contributed by atoms with Crippen LogP contribution in [0.2, 0.25) is 0 Å². The number of aromatic carboxylic acids is 1. The highest BCUT2D eigenvalue weighted by atomic mass is 19.4. The molecule has 0 saturated carbocycles. The molecular weight excluding hydrogens is 583 g/mol. The predicted octanol–water partition coefficient (Wildman–Crippen LogP) is 9.24. The van der Waals surface area contributed by atoms with Gasteiger partial charge in [-0.3, -0.25) is 4.90 Å². The van der Waals surface area contributed by atoms with Crippen LogP contribution in [-0.2, 0) is 10.9 Å². The molecule has 238 valence electrons. The van der Waals surface area contributed by atoms with Gasteiger partial charge in [-0.15, -0.1) is 0 Å². The van der Waals surface area contributed by atoms with Crippen molar-refractivity contribution in [1.29, 1.82) is 0 Å². The fourth-order valence-corrected chi connectivity index (χ4v) is 6.58. The van der Waals surface area contributed by atoms with Crippen molar-refractivity contribution in [3.63, 3.8) is 0 Å². The minimum Gasteiger partial charge on any atom is -0.496 e. The summed E-state index contributed by atoms with van der Waals surface area (Å²) in [7, 11) is 1.62. The zero-order valence-electron chi connectivity index (χ0n) is 26.3. The Kier molecular flexibility index (Phi) is 8.51. The molecule has 0 bridgehead atoms. The molecule has 1 aliphatic carbocycles. The second-order valence-corrected chi connectivity index (χ2v) is 13.0. The molecule has 0 radical (unpaired) electrons. The number of nitrogens with zero attached hydrogens (tertiary/aromatic N) is 1. The molecule has 3 aromatic carbocycles. The van der Waals surface area contributed by atoms with Crippen LogP contribution >= 0.6 is 0 Å². The monoisotopic (exact) mass is 621 g/mol. The summed E-state index contributed by atoms with van der Waals surface area (Å²) < 4.78 is 52.3. The summed E-state index contributed by atoms with van der Waals surface area (Å²) in [4.78, 5) is 26.3. The number of allylic oxidation sites excluding steroid dienone is 1. The lowest BCUT2D eigenvalue weighted by molar-refractivity contribution is -0.137. The van der Waals surface area contributed by atoms with E-state index in [1.165, 1.54) is 0 Å². The van der Waals surface area contributed by atoms with Gasteiger partial charge in [0.1, 0.15) is 11.9 Å². The number of ether oxygens (including phenoxy) is 2. The lowest BCUT2D eigenvalue weighted by Crippen LogP contribution is -2.35. The highest BCUT2D eigenvalue weighted by Crippen LogP contribution is 2.47. The molecule has 1 fully saturated rings. The van der Waals surface area contributed by atoms with E-state index in [1.807, 2.05) is 19.9 Å². The predicted molar refractivity (Wildman–Crippen MR) is 166 cm³/mol. The Balaban J connectivity index is 1.54. The number of carboxylic acids is 1. The van der Waals surface area contributed by atoms with E-state index < -0.39 is 35.9 Å². The van der Waals surface area contributed by atoms with Crippen LogP contribution in [0.25, 0.3) is 16.7 Å². The van der Waals surface area contributed by atoms with Gasteiger partial charge in [-0.25, -0.2) is 9.59 Å². The molecular formula is C36H38F3NO5. The molecule has 0 aromatic heterocycles. The molecule has 1 N–H and O–H groups in total. The normalized spacial score (nSPS) is 19.9. The average Bonchev–Trinajstić information content (AvgIpc) is 3.24. The van der Waals surface area contributed by atoms with Crippen molar-refractivity contribution in [2.24, 2.45) is 5.41 Å². The largest absolute Gasteiger partial charge is 0.496 e. The maximum atomic E-state index is 13.6. The van der Waals surface area contributed by atoms with Crippen molar-refractivity contribution in [2.45, 2.75) is 72.2 Å². The third kappa shape index (κ3) is 6.58. The summed E-state index contributed by atoms with van der Waals surface area (Å²) in [6.45, 7) is 10.0. The maximum absolute atomic E-state index is 13.6. The second kappa shape index (κ2) is 11.9. The molecule has 0 spiro atoms. The molecule has 6 nitrogen and oxygen atoms in total. The first kappa shape index (κ1) is 32.1. The van der Waals surface area contributed by atoms with Crippen LogP contribution in [0.4, 0.5) is 18.0 Å². The summed E-state index contributed by atoms with van der Waals surface area (Å²) in [5.41, 5.74) is 5.96. The zero-order valence-corrected chi connectivity index (χ0v) is 26.3. The Bertz CT molecular complexity index is 1670. The minimum absolute atomic E-state index is 0.0311. The van der Waals surface area contributed by atoms with Crippen molar-refractivity contribution in [2.75, 3.05) is 13.7 Å². The van der Waals surface area contributed by atoms with Gasteiger partial charge in [0.25, 0.3) is 0 Å². The van der Waals surface area contributed by atoms with Crippen molar-refractivity contribution in [1.82, 2.24) is 4.90 Å². The van der Waals surface area contributed by atoms with Gasteiger partial charge >= 0.3 is 18.2 Å². The van der Waals surface area contributed by atoms with E-state index in [1.54, 1.807) is 49.3 Å². The topological polar surface area (TPSA) is 76.1 Å². The number of rotatable bonds is 7. The zero-order chi connectivity index (χ0) is 32.8. The van der Waals surface area contributed by atoms with Crippen LogP contribution in [0.3, 0.4) is 0 Å². The van der Waals surface area contributed by atoms with Gasteiger partial charge < -0.3 is 14.6 Å². The number of carbonyl (C=O) groups is 2. The first-order chi connectivity index (χ1) is 21.1. The van der Waals surface area contributed by atoms with Crippen LogP contribution in [0, 0.1) is 19.3 Å². The Hall–Kier alpha value is -4.27. The van der Waals surface area contributed by atoms with Gasteiger partial charge in [0.15, 0.2) is 0 Å². The number of cyclic esters (lactones) is 1. The molecule has 5 rings (SSSR count). The van der Waals surface area contributed by atoms with Crippen molar-refractivity contribution in [3.8, 4) is 16.9 Å². The highest BCUT2D eigenvalue weighted by Gasteiger charge is 2.42. The fraction of sp³-hybridized carbons (Fsp3) is 0.389. The van der Waals surface area contributed by atoms with Crippen LogP contribution in [0.5, 0.6) is 5.75 Å². The number of carbonyl (C=O) groups excluding carboxylic acids is 1. The SMILES string of the molecule is COc1cc(C)c(-c2ccc(C(=O)O)cc2)cc1C1=C(CN2C(=O)O[C@H](c3cc(C)cc(C(F)(F)F)c3)[C@@H]2C)CC(C)(C)CC1. The van der Waals surface area contributed by atoms with Crippen molar-refractivity contribution >= 4 is 17.6 Å². The van der Waals surface area contributed by atoms with E-state index in [0.717, 1.165) is 58.4 Å². The van der Waals surface area contributed by atoms with Gasteiger partial charge in [-0.05, 0) is 115 Å². The van der Waals surface area contributed by atoms with E-state index in [2.05, 4.69) is 19.9 Å². The highest BCUT2D eigenvalue weighted by molar-refractivity contribution is 5.89. The molecule has 0 unspecified atom stereocenters. The van der Waals surface area contributed by atoms with Gasteiger partial charge in [-0.1, -0.05) is 37.6 Å². The van der Waals surface area contributed by atoms with Gasteiger partial charge in [0.05, 0.1) is 24.3 Å². The molecule has 2 aliphatic rings. The smallest absolute Gasteiger partial charge is 0.416 e. The molecule has 1 saturated heterocycles. The summed E-state index contributed by atoms with van der Waals surface area (Å²) >= 11 is 0. The number of carboxylic acid groups (broad SMARTS) is 1. The van der Waals surface area contributed by atoms with E-state index in [0.29, 0.717) is 23.3 Å². The third-order valence-corrected chi connectivity index (χ3v) is 8.99. The molecule has 45 heavy (non-hydrogen) atoms. The second-order valence-electron chi connectivity index (χ2n) is 13.0. The number of benzene rings is 3. The van der Waals surface area contributed by atoms with E-state index in [-0.39, 0.29) is 17.5 Å². The van der Waals surface area contributed by atoms with Crippen LogP contribution in [-0.4, -0.2) is 41.8 Å². The van der Waals surface area contributed by atoms with E-state index >= 15 is 0 Å². The summed E-state index contributed by atoms with van der Waals surface area (Å²) in [6, 6.07) is 14.1. The Morgan fingerprint density at radius 2 is 1.76 bits per heavy atom. The number of hydrogen-bond acceptors (Lipinski definition) is 4. The van der Waals surface area contributed by atoms with Crippen LogP contribution < -0.4 is 4.74 Å². The molecule has 1 aliphatic heterocycles. The molecule has 1 amide bonds. The number of halogens is 3. The summed E-state index contributed by atoms with van der Waals surface area (Å²) in [5.74, 6) is -0.298. The third-order valence-electron chi connectivity index (χ3n) is 8.99. The first-order valence-electron chi connectivity index (χ1n) is 15.0. The van der Waals surface area contributed by atoms with Gasteiger partial charge in [0, 0.05) is 12.1 Å². The summed E-state index contributed by atoms with van der Waals surface area (Å²) in [6.07, 6.45) is -3.54. The molecule has 9 heteroatoms. The molecule has 3 aromatic rings. The van der Waals surface area contributed by atoms with Gasteiger partial charge in [0.2, 0.25) is 0 Å². The number of aryl methyl sites for hydroxylation is 2. The average molecular weight is 622 g/mol. The lowest BCUT2D eigenvalue weighted by atomic mass is 9.72. The maximum Gasteiger partial charge on any atom is 0.416 e. The molecule has 2 atom stereocenters. The number of amides is 1. The lowest BCUT2D eigenvalue weighted by Gasteiger charge is -2.36. The minimum atomic E-state index is -4.51. The van der Waals surface area contributed by atoms with Crippen molar-refractivity contribution in [3.05, 3.63) is 93.6 Å². The van der Waals surface area contributed by atoms with Crippen LogP contribution in [0.1, 0.15) is 84.3 Å². The number of alkyl halides is 3. The Labute approximate surface area is 261 Å². The standard InChI is InChI=1S/C36H38F3NO5/c1-20-13-25(16-27(14-20)36(37,38)39)32-22(3)40(34(43)45-32)19-26-18-35(4,5)12-11-28(26)30-17-29(21(2)15-31(30)44-6)23-7-9-24(10-8-23)33(41)42/h7-10,13-17,22,32H,11-12,18-19H2,1-6H3,(H,41,42)/t22-,32-/m0/s1. The number of hydrogen-bond donors (Lipinski definition) is 1. The van der Waals surface area contributed by atoms with E-state index in [4.69, 9.17) is 9.47 Å². The Morgan fingerprint density at radius 3 is 2.38 bits per heavy atom. The first-order valence-corrected chi connectivity index (χ1v) is 15.0. The fourth-order valence-electron chi connectivity index (χ4n) is 6.58. The van der Waals surface area contributed by atoms with Crippen LogP contribution in [0.15, 0.2) is 60.2 Å². The van der Waals surface area contributed by atoms with Gasteiger partial charge in [-0.2, -0.15) is 13.2 Å². The number of methoxy groups -OCH3 is 1. The Morgan fingerprint density at radius 1 is 1.07 bits per heavy atom. The molecule has 1 heterocycles.